The summed E-state index contributed by atoms with van der Waals surface area (Å²) in [6.07, 6.45) is 2.31. The number of amides is 1. The highest BCUT2D eigenvalue weighted by atomic mass is 35.5. The number of ketones is 2. The largest absolute Gasteiger partial charge is 0.493 e. The average Bonchev–Trinajstić information content (AvgIpc) is 2.77. The lowest BCUT2D eigenvalue weighted by Crippen LogP contribution is -2.24. The van der Waals surface area contributed by atoms with Gasteiger partial charge in [-0.3, -0.25) is 14.4 Å². The smallest absolute Gasteiger partial charge is 0.224 e. The zero-order valence-corrected chi connectivity index (χ0v) is 18.5. The summed E-state index contributed by atoms with van der Waals surface area (Å²) in [6, 6.07) is 8.15. The molecule has 0 saturated heterocycles. The maximum Gasteiger partial charge on any atom is 0.224 e. The van der Waals surface area contributed by atoms with Crippen molar-refractivity contribution in [2.75, 3.05) is 24.4 Å². The maximum atomic E-state index is 13.5. The van der Waals surface area contributed by atoms with E-state index in [0.29, 0.717) is 37.0 Å². The van der Waals surface area contributed by atoms with Gasteiger partial charge in [0.2, 0.25) is 11.7 Å². The van der Waals surface area contributed by atoms with Crippen molar-refractivity contribution >= 4 is 34.8 Å². The van der Waals surface area contributed by atoms with Crippen LogP contribution in [0.4, 0.5) is 5.69 Å². The van der Waals surface area contributed by atoms with Crippen molar-refractivity contribution in [1.29, 1.82) is 0 Å². The molecule has 0 unspecified atom stereocenters. The van der Waals surface area contributed by atoms with Crippen LogP contribution in [0.15, 0.2) is 30.3 Å². The Balaban J connectivity index is 2.07. The molecular weight excluding hydrogens is 418 g/mol. The number of carbonyl (C=O) groups excluding carboxylic acids is 3. The third kappa shape index (κ3) is 4.90. The quantitative estimate of drug-likeness (QED) is 0.446. The molecule has 1 N–H and O–H groups in total. The minimum Gasteiger partial charge on any atom is -0.493 e. The van der Waals surface area contributed by atoms with E-state index in [1.807, 2.05) is 13.8 Å². The fourth-order valence-corrected chi connectivity index (χ4v) is 3.57. The van der Waals surface area contributed by atoms with Crippen molar-refractivity contribution < 1.29 is 23.9 Å². The first-order valence-electron chi connectivity index (χ1n) is 10.5. The summed E-state index contributed by atoms with van der Waals surface area (Å²) in [5, 5.41) is 2.78. The van der Waals surface area contributed by atoms with Crippen LogP contribution in [-0.4, -0.2) is 36.6 Å². The second kappa shape index (κ2) is 10.4. The number of carbonyl (C=O) groups is 3. The number of fused-ring (bicyclic) bond motifs is 2. The molecule has 31 heavy (non-hydrogen) atoms. The minimum absolute atomic E-state index is 0.206. The number of anilines is 1. The first-order valence-corrected chi connectivity index (χ1v) is 11.1. The molecule has 0 spiro atoms. The number of hydrogen-bond donors (Lipinski definition) is 1. The van der Waals surface area contributed by atoms with E-state index in [4.69, 9.17) is 21.1 Å². The second-order valence-corrected chi connectivity index (χ2v) is 7.65. The standard InChI is InChI=1S/C24H26ClNO5/c1-3-11-30-18-8-5-7-16-21(18)24(29)22-17(23(16)28)13-15(14-19(22)31-12-4-2)26-20(27)9-6-10-25/h5,7-8,13-14H,3-4,6,9-12H2,1-2H3,(H,26,27). The predicted molar refractivity (Wildman–Crippen MR) is 120 cm³/mol. The van der Waals surface area contributed by atoms with Crippen LogP contribution in [0, 0.1) is 0 Å². The van der Waals surface area contributed by atoms with E-state index >= 15 is 0 Å². The van der Waals surface area contributed by atoms with Crippen molar-refractivity contribution in [2.24, 2.45) is 0 Å². The number of hydrogen-bond acceptors (Lipinski definition) is 5. The lowest BCUT2D eigenvalue weighted by atomic mass is 9.82. The number of alkyl halides is 1. The number of rotatable bonds is 10. The van der Waals surface area contributed by atoms with Crippen LogP contribution >= 0.6 is 11.6 Å². The van der Waals surface area contributed by atoms with Gasteiger partial charge in [-0.25, -0.2) is 0 Å². The van der Waals surface area contributed by atoms with Gasteiger partial charge in [-0.1, -0.05) is 26.0 Å². The van der Waals surface area contributed by atoms with Crippen molar-refractivity contribution in [3.05, 3.63) is 52.6 Å². The van der Waals surface area contributed by atoms with Gasteiger partial charge in [0.1, 0.15) is 11.5 Å². The highest BCUT2D eigenvalue weighted by Crippen LogP contribution is 2.39. The number of nitrogens with one attached hydrogen (secondary N) is 1. The van der Waals surface area contributed by atoms with Crippen LogP contribution in [-0.2, 0) is 4.79 Å². The van der Waals surface area contributed by atoms with E-state index in [-0.39, 0.29) is 51.9 Å². The Kier molecular flexibility index (Phi) is 7.69. The molecule has 3 rings (SSSR count). The van der Waals surface area contributed by atoms with Gasteiger partial charge in [0.15, 0.2) is 5.78 Å². The van der Waals surface area contributed by atoms with E-state index in [2.05, 4.69) is 5.32 Å². The van der Waals surface area contributed by atoms with E-state index in [1.54, 1.807) is 24.3 Å². The van der Waals surface area contributed by atoms with E-state index in [1.165, 1.54) is 6.07 Å². The SMILES string of the molecule is CCCOc1cccc2c1C(=O)c1c(OCCC)cc(NC(=O)CCCCl)cc1C2=O. The molecule has 0 radical (unpaired) electrons. The Morgan fingerprint density at radius 2 is 1.61 bits per heavy atom. The van der Waals surface area contributed by atoms with Gasteiger partial charge in [-0.2, -0.15) is 0 Å². The predicted octanol–water partition coefficient (Wildman–Crippen LogP) is 5.00. The molecular formula is C24H26ClNO5. The Bertz CT molecular complexity index is 1000. The third-order valence-electron chi connectivity index (χ3n) is 4.82. The summed E-state index contributed by atoms with van der Waals surface area (Å²) >= 11 is 5.66. The minimum atomic E-state index is -0.317. The molecule has 0 aromatic heterocycles. The molecule has 7 heteroatoms. The fourth-order valence-electron chi connectivity index (χ4n) is 3.43. The first-order chi connectivity index (χ1) is 15.0. The first kappa shape index (κ1) is 22.8. The highest BCUT2D eigenvalue weighted by molar-refractivity contribution is 6.30. The third-order valence-corrected chi connectivity index (χ3v) is 5.08. The van der Waals surface area contributed by atoms with Crippen LogP contribution < -0.4 is 14.8 Å². The lowest BCUT2D eigenvalue weighted by Gasteiger charge is -2.23. The highest BCUT2D eigenvalue weighted by Gasteiger charge is 2.35. The van der Waals surface area contributed by atoms with Crippen LogP contribution in [0.25, 0.3) is 0 Å². The zero-order chi connectivity index (χ0) is 22.4. The van der Waals surface area contributed by atoms with E-state index < -0.39 is 0 Å². The molecule has 2 aromatic rings. The molecule has 0 bridgehead atoms. The number of halogens is 1. The summed E-state index contributed by atoms with van der Waals surface area (Å²) in [4.78, 5) is 39.0. The molecule has 0 saturated carbocycles. The zero-order valence-electron chi connectivity index (χ0n) is 17.8. The number of ether oxygens (including phenoxy) is 2. The molecule has 6 nitrogen and oxygen atoms in total. The van der Waals surface area contributed by atoms with Gasteiger partial charge in [0.25, 0.3) is 0 Å². The van der Waals surface area contributed by atoms with Gasteiger partial charge < -0.3 is 14.8 Å². The number of benzene rings is 2. The molecule has 164 valence electrons. The van der Waals surface area contributed by atoms with Crippen LogP contribution in [0.1, 0.15) is 71.4 Å². The Hall–Kier alpha value is -2.86. The van der Waals surface area contributed by atoms with E-state index in [9.17, 15) is 14.4 Å². The summed E-state index contributed by atoms with van der Waals surface area (Å²) in [5.74, 6) is 0.221. The van der Waals surface area contributed by atoms with Crippen molar-refractivity contribution in [3.8, 4) is 11.5 Å². The van der Waals surface area contributed by atoms with E-state index in [0.717, 1.165) is 12.8 Å². The average molecular weight is 444 g/mol. The summed E-state index contributed by atoms with van der Waals surface area (Å²) in [7, 11) is 0. The molecule has 1 aliphatic carbocycles. The molecule has 2 aromatic carbocycles. The summed E-state index contributed by atoms with van der Waals surface area (Å²) in [6.45, 7) is 4.73. The summed E-state index contributed by atoms with van der Waals surface area (Å²) < 4.78 is 11.6. The van der Waals surface area contributed by atoms with Crippen molar-refractivity contribution in [3.63, 3.8) is 0 Å². The monoisotopic (exact) mass is 443 g/mol. The van der Waals surface area contributed by atoms with Gasteiger partial charge in [0.05, 0.1) is 24.3 Å². The summed E-state index contributed by atoms with van der Waals surface area (Å²) in [5.41, 5.74) is 1.38. The maximum absolute atomic E-state index is 13.5. The van der Waals surface area contributed by atoms with Crippen LogP contribution in [0.2, 0.25) is 0 Å². The molecule has 0 atom stereocenters. The molecule has 0 heterocycles. The molecule has 1 aliphatic rings. The topological polar surface area (TPSA) is 81.7 Å². The normalized spacial score (nSPS) is 12.2. The Morgan fingerprint density at radius 1 is 0.935 bits per heavy atom. The van der Waals surface area contributed by atoms with Crippen molar-refractivity contribution in [1.82, 2.24) is 0 Å². The fraction of sp³-hybridized carbons (Fsp3) is 0.375. The molecule has 0 fully saturated rings. The molecule has 1 amide bonds. The Labute approximate surface area is 186 Å². The van der Waals surface area contributed by atoms with Gasteiger partial charge in [-0.15, -0.1) is 11.6 Å². The van der Waals surface area contributed by atoms with Crippen LogP contribution in [0.3, 0.4) is 0 Å². The van der Waals surface area contributed by atoms with Crippen molar-refractivity contribution in [2.45, 2.75) is 39.5 Å². The second-order valence-electron chi connectivity index (χ2n) is 7.27. The molecule has 0 aliphatic heterocycles. The Morgan fingerprint density at radius 3 is 2.29 bits per heavy atom. The van der Waals surface area contributed by atoms with Gasteiger partial charge in [0, 0.05) is 35.2 Å². The van der Waals surface area contributed by atoms with Crippen LogP contribution in [0.5, 0.6) is 11.5 Å². The van der Waals surface area contributed by atoms with Gasteiger partial charge in [-0.05, 0) is 31.4 Å². The van der Waals surface area contributed by atoms with Gasteiger partial charge >= 0.3 is 0 Å². The lowest BCUT2D eigenvalue weighted by molar-refractivity contribution is -0.116.